The second kappa shape index (κ2) is 6.17. The van der Waals surface area contributed by atoms with Gasteiger partial charge < -0.3 is 15.2 Å². The summed E-state index contributed by atoms with van der Waals surface area (Å²) in [5.74, 6) is 0.183. The topological polar surface area (TPSA) is 87.6 Å². The molecule has 17 heavy (non-hydrogen) atoms. The van der Waals surface area contributed by atoms with Gasteiger partial charge in [0.15, 0.2) is 5.75 Å². The number of para-hydroxylation sites is 1. The van der Waals surface area contributed by atoms with Gasteiger partial charge in [-0.2, -0.15) is 0 Å². The maximum Gasteiger partial charge on any atom is 0.318 e. The Morgan fingerprint density at radius 1 is 1.53 bits per heavy atom. The van der Waals surface area contributed by atoms with Gasteiger partial charge in [0.05, 0.1) is 17.6 Å². The predicted molar refractivity (Wildman–Crippen MR) is 62.8 cm³/mol. The molecule has 0 aromatic heterocycles. The summed E-state index contributed by atoms with van der Waals surface area (Å²) in [6.07, 6.45) is -0.0173. The molecule has 6 heteroatoms. The molecule has 6 nitrogen and oxygen atoms in total. The number of benzene rings is 1. The van der Waals surface area contributed by atoms with Crippen LogP contribution < -0.4 is 10.5 Å². The van der Waals surface area contributed by atoms with Crippen LogP contribution in [0, 0.1) is 10.1 Å². The van der Waals surface area contributed by atoms with Crippen LogP contribution in [-0.2, 0) is 4.74 Å². The first-order chi connectivity index (χ1) is 8.11. The normalized spacial score (nSPS) is 12.2. The Hall–Kier alpha value is -1.66. The molecular formula is C11H16N2O4. The minimum atomic E-state index is -0.814. The molecule has 0 saturated heterocycles. The smallest absolute Gasteiger partial charge is 0.318 e. The van der Waals surface area contributed by atoms with Crippen molar-refractivity contribution in [2.45, 2.75) is 19.6 Å². The lowest BCUT2D eigenvalue weighted by atomic mass is 10.1. The second-order valence-corrected chi connectivity index (χ2v) is 3.45. The summed E-state index contributed by atoms with van der Waals surface area (Å²) < 4.78 is 10.2. The Bertz CT molecular complexity index is 395. The lowest BCUT2D eigenvalue weighted by molar-refractivity contribution is -0.387. The van der Waals surface area contributed by atoms with E-state index in [0.29, 0.717) is 12.2 Å². The van der Waals surface area contributed by atoms with Crippen molar-refractivity contribution >= 4 is 5.69 Å². The molecular weight excluding hydrogens is 224 g/mol. The predicted octanol–water partition coefficient (Wildman–Crippen LogP) is 1.99. The fraction of sp³-hybridized carbons (Fsp3) is 0.455. The molecule has 0 saturated carbocycles. The Labute approximate surface area is 99.5 Å². The van der Waals surface area contributed by atoms with Gasteiger partial charge in [0.25, 0.3) is 0 Å². The Balaban J connectivity index is 3.09. The van der Waals surface area contributed by atoms with Crippen LogP contribution in [0.25, 0.3) is 0 Å². The van der Waals surface area contributed by atoms with E-state index in [1.807, 2.05) is 6.92 Å². The first kappa shape index (κ1) is 13.4. The van der Waals surface area contributed by atoms with Crippen molar-refractivity contribution in [3.63, 3.8) is 0 Å². The minimum Gasteiger partial charge on any atom is -0.490 e. The van der Waals surface area contributed by atoms with E-state index < -0.39 is 11.2 Å². The number of hydrogen-bond donors (Lipinski definition) is 1. The average Bonchev–Trinajstić information content (AvgIpc) is 2.34. The molecule has 2 N–H and O–H groups in total. The van der Waals surface area contributed by atoms with Gasteiger partial charge in [-0.1, -0.05) is 13.0 Å². The van der Waals surface area contributed by atoms with E-state index in [1.165, 1.54) is 13.2 Å². The highest BCUT2D eigenvalue weighted by Gasteiger charge is 2.24. The van der Waals surface area contributed by atoms with Gasteiger partial charge in [0, 0.05) is 6.61 Å². The molecule has 0 fully saturated rings. The summed E-state index contributed by atoms with van der Waals surface area (Å²) in [6.45, 7) is 2.39. The SMILES string of the molecule is CCCOC(N)c1cccc(OC)c1[N+](=O)[O-]. The summed E-state index contributed by atoms with van der Waals surface area (Å²) in [5.41, 5.74) is 5.94. The Morgan fingerprint density at radius 2 is 2.24 bits per heavy atom. The van der Waals surface area contributed by atoms with Crippen molar-refractivity contribution in [3.05, 3.63) is 33.9 Å². The molecule has 1 atom stereocenters. The molecule has 1 aromatic rings. The molecule has 1 rings (SSSR count). The summed E-state index contributed by atoms with van der Waals surface area (Å²) in [7, 11) is 1.38. The molecule has 0 spiro atoms. The Morgan fingerprint density at radius 3 is 2.76 bits per heavy atom. The first-order valence-electron chi connectivity index (χ1n) is 5.30. The third-order valence-corrected chi connectivity index (χ3v) is 2.24. The van der Waals surface area contributed by atoms with E-state index in [9.17, 15) is 10.1 Å². The number of hydrogen-bond acceptors (Lipinski definition) is 5. The number of nitro benzene ring substituents is 1. The van der Waals surface area contributed by atoms with Crippen LogP contribution in [0.1, 0.15) is 25.1 Å². The fourth-order valence-electron chi connectivity index (χ4n) is 1.46. The zero-order valence-corrected chi connectivity index (χ0v) is 9.88. The molecule has 0 aliphatic carbocycles. The lowest BCUT2D eigenvalue weighted by Gasteiger charge is -2.14. The fourth-order valence-corrected chi connectivity index (χ4v) is 1.46. The largest absolute Gasteiger partial charge is 0.490 e. The van der Waals surface area contributed by atoms with Crippen molar-refractivity contribution in [3.8, 4) is 5.75 Å². The second-order valence-electron chi connectivity index (χ2n) is 3.45. The van der Waals surface area contributed by atoms with Crippen LogP contribution in [0.5, 0.6) is 5.75 Å². The number of methoxy groups -OCH3 is 1. The third-order valence-electron chi connectivity index (χ3n) is 2.24. The van der Waals surface area contributed by atoms with Gasteiger partial charge in [-0.15, -0.1) is 0 Å². The highest BCUT2D eigenvalue weighted by Crippen LogP contribution is 2.33. The maximum atomic E-state index is 11.0. The summed E-state index contributed by atoms with van der Waals surface area (Å²) in [4.78, 5) is 10.5. The monoisotopic (exact) mass is 240 g/mol. The number of nitro groups is 1. The van der Waals surface area contributed by atoms with Gasteiger partial charge in [-0.05, 0) is 18.6 Å². The molecule has 0 heterocycles. The van der Waals surface area contributed by atoms with Crippen LogP contribution in [0.2, 0.25) is 0 Å². The van der Waals surface area contributed by atoms with Crippen molar-refractivity contribution in [2.75, 3.05) is 13.7 Å². The first-order valence-corrected chi connectivity index (χ1v) is 5.30. The molecule has 1 aromatic carbocycles. The van der Waals surface area contributed by atoms with E-state index in [4.69, 9.17) is 15.2 Å². The molecule has 0 amide bonds. The van der Waals surface area contributed by atoms with Gasteiger partial charge in [0.2, 0.25) is 0 Å². The van der Waals surface area contributed by atoms with E-state index >= 15 is 0 Å². The van der Waals surface area contributed by atoms with Gasteiger partial charge in [-0.3, -0.25) is 10.1 Å². The highest BCUT2D eigenvalue weighted by molar-refractivity contribution is 5.53. The number of nitrogens with two attached hydrogens (primary N) is 1. The highest BCUT2D eigenvalue weighted by atomic mass is 16.6. The zero-order valence-electron chi connectivity index (χ0n) is 9.88. The molecule has 1 unspecified atom stereocenters. The van der Waals surface area contributed by atoms with Crippen molar-refractivity contribution in [1.29, 1.82) is 0 Å². The Kier molecular flexibility index (Phi) is 4.86. The molecule has 0 bridgehead atoms. The van der Waals surface area contributed by atoms with E-state index in [1.54, 1.807) is 12.1 Å². The number of nitrogens with zero attached hydrogens (tertiary/aromatic N) is 1. The molecule has 0 aliphatic heterocycles. The van der Waals surface area contributed by atoms with E-state index in [2.05, 4.69) is 0 Å². The summed E-state index contributed by atoms with van der Waals surface area (Å²) in [6, 6.07) is 4.74. The standard InChI is InChI=1S/C11H16N2O4/c1-3-7-17-11(12)8-5-4-6-9(16-2)10(8)13(14)15/h4-6,11H,3,7,12H2,1-2H3. The van der Waals surface area contributed by atoms with Gasteiger partial charge >= 0.3 is 5.69 Å². The molecule has 0 radical (unpaired) electrons. The van der Waals surface area contributed by atoms with Crippen LogP contribution in [0.15, 0.2) is 18.2 Å². The van der Waals surface area contributed by atoms with Crippen LogP contribution in [-0.4, -0.2) is 18.6 Å². The summed E-state index contributed by atoms with van der Waals surface area (Å²) in [5, 5.41) is 11.0. The van der Waals surface area contributed by atoms with Crippen molar-refractivity contribution < 1.29 is 14.4 Å². The third kappa shape index (κ3) is 3.15. The van der Waals surface area contributed by atoms with Crippen LogP contribution in [0.4, 0.5) is 5.69 Å². The molecule has 94 valence electrons. The van der Waals surface area contributed by atoms with Gasteiger partial charge in [0.1, 0.15) is 6.23 Å². The van der Waals surface area contributed by atoms with E-state index in [0.717, 1.165) is 6.42 Å². The quantitative estimate of drug-likeness (QED) is 0.466. The lowest BCUT2D eigenvalue weighted by Crippen LogP contribution is -2.16. The molecule has 0 aliphatic rings. The maximum absolute atomic E-state index is 11.0. The van der Waals surface area contributed by atoms with E-state index in [-0.39, 0.29) is 11.4 Å². The summed E-state index contributed by atoms with van der Waals surface area (Å²) >= 11 is 0. The number of ether oxygens (including phenoxy) is 2. The van der Waals surface area contributed by atoms with Crippen molar-refractivity contribution in [1.82, 2.24) is 0 Å². The zero-order chi connectivity index (χ0) is 12.8. The minimum absolute atomic E-state index is 0.140. The van der Waals surface area contributed by atoms with Crippen molar-refractivity contribution in [2.24, 2.45) is 5.73 Å². The van der Waals surface area contributed by atoms with Crippen LogP contribution >= 0.6 is 0 Å². The van der Waals surface area contributed by atoms with Crippen LogP contribution in [0.3, 0.4) is 0 Å². The van der Waals surface area contributed by atoms with Gasteiger partial charge in [-0.25, -0.2) is 0 Å². The number of rotatable bonds is 6. The average molecular weight is 240 g/mol.